The number of amides is 2. The second-order valence-corrected chi connectivity index (χ2v) is 7.65. The zero-order valence-corrected chi connectivity index (χ0v) is 12.7. The average molecular weight is 317 g/mol. The Hall–Kier alpha value is -1.27. The lowest BCUT2D eigenvalue weighted by molar-refractivity contribution is 0.182. The van der Waals surface area contributed by atoms with Crippen molar-refractivity contribution in [2.75, 3.05) is 18.4 Å². The van der Waals surface area contributed by atoms with E-state index in [0.29, 0.717) is 11.6 Å². The Morgan fingerprint density at radius 1 is 1.35 bits per heavy atom. The summed E-state index contributed by atoms with van der Waals surface area (Å²) in [5, 5.41) is 2.76. The standard InChI is InChI=1S/C13H17ClN2O3S/c1-10-3-2-8-16(9-10)13(17)15-11-4-6-12(7-5-11)20(14,18)19/h4-7,10H,2-3,8-9H2,1H3,(H,15,17). The molecule has 1 aromatic carbocycles. The smallest absolute Gasteiger partial charge is 0.321 e. The number of piperidine rings is 1. The van der Waals surface area contributed by atoms with E-state index in [1.165, 1.54) is 24.3 Å². The van der Waals surface area contributed by atoms with Crippen molar-refractivity contribution in [2.24, 2.45) is 5.92 Å². The predicted molar refractivity (Wildman–Crippen MR) is 78.5 cm³/mol. The SMILES string of the molecule is CC1CCCN(C(=O)Nc2ccc(S(=O)(=O)Cl)cc2)C1. The molecule has 0 spiro atoms. The number of benzene rings is 1. The number of rotatable bonds is 2. The molecule has 1 N–H and O–H groups in total. The molecule has 5 nitrogen and oxygen atoms in total. The average Bonchev–Trinajstić information content (AvgIpc) is 2.38. The first kappa shape index (κ1) is 15.1. The van der Waals surface area contributed by atoms with Crippen molar-refractivity contribution in [1.82, 2.24) is 4.90 Å². The van der Waals surface area contributed by atoms with Gasteiger partial charge in [0.25, 0.3) is 9.05 Å². The minimum absolute atomic E-state index is 0.0174. The highest BCUT2D eigenvalue weighted by Crippen LogP contribution is 2.19. The van der Waals surface area contributed by atoms with E-state index in [1.54, 1.807) is 4.90 Å². The topological polar surface area (TPSA) is 66.5 Å². The summed E-state index contributed by atoms with van der Waals surface area (Å²) >= 11 is 0. The van der Waals surface area contributed by atoms with Gasteiger partial charge in [0.15, 0.2) is 0 Å². The fourth-order valence-electron chi connectivity index (χ4n) is 2.28. The molecule has 1 atom stereocenters. The molecule has 1 saturated heterocycles. The zero-order chi connectivity index (χ0) is 14.8. The molecule has 1 heterocycles. The van der Waals surface area contributed by atoms with Gasteiger partial charge in [0, 0.05) is 29.5 Å². The summed E-state index contributed by atoms with van der Waals surface area (Å²) in [7, 11) is 1.50. The van der Waals surface area contributed by atoms with Crippen LogP contribution in [0.15, 0.2) is 29.2 Å². The second-order valence-electron chi connectivity index (χ2n) is 5.09. The number of hydrogen-bond donors (Lipinski definition) is 1. The molecule has 2 rings (SSSR count). The number of hydrogen-bond acceptors (Lipinski definition) is 3. The van der Waals surface area contributed by atoms with Crippen molar-refractivity contribution in [3.63, 3.8) is 0 Å². The van der Waals surface area contributed by atoms with E-state index in [2.05, 4.69) is 12.2 Å². The van der Waals surface area contributed by atoms with Crippen LogP contribution >= 0.6 is 10.7 Å². The normalized spacial score (nSPS) is 19.7. The van der Waals surface area contributed by atoms with Gasteiger partial charge in [0.05, 0.1) is 4.90 Å². The third-order valence-corrected chi connectivity index (χ3v) is 4.70. The Balaban J connectivity index is 2.01. The lowest BCUT2D eigenvalue weighted by Crippen LogP contribution is -2.41. The van der Waals surface area contributed by atoms with Crippen molar-refractivity contribution in [1.29, 1.82) is 0 Å². The lowest BCUT2D eigenvalue weighted by atomic mass is 10.0. The van der Waals surface area contributed by atoms with Crippen molar-refractivity contribution in [2.45, 2.75) is 24.7 Å². The van der Waals surface area contributed by atoms with Crippen molar-refractivity contribution in [3.05, 3.63) is 24.3 Å². The van der Waals surface area contributed by atoms with Gasteiger partial charge in [-0.15, -0.1) is 0 Å². The molecule has 1 aliphatic heterocycles. The van der Waals surface area contributed by atoms with Crippen LogP contribution in [-0.2, 0) is 9.05 Å². The summed E-state index contributed by atoms with van der Waals surface area (Å²) in [5.41, 5.74) is 0.553. The number of carbonyl (C=O) groups is 1. The van der Waals surface area contributed by atoms with E-state index in [9.17, 15) is 13.2 Å². The summed E-state index contributed by atoms with van der Waals surface area (Å²) in [6.45, 7) is 3.63. The summed E-state index contributed by atoms with van der Waals surface area (Å²) < 4.78 is 22.2. The van der Waals surface area contributed by atoms with E-state index >= 15 is 0 Å². The van der Waals surface area contributed by atoms with Crippen molar-refractivity contribution >= 4 is 31.5 Å². The van der Waals surface area contributed by atoms with Gasteiger partial charge in [-0.1, -0.05) is 6.92 Å². The van der Waals surface area contributed by atoms with E-state index in [-0.39, 0.29) is 10.9 Å². The maximum atomic E-state index is 12.1. The first-order chi connectivity index (χ1) is 9.36. The zero-order valence-electron chi connectivity index (χ0n) is 11.2. The van der Waals surface area contributed by atoms with Crippen LogP contribution < -0.4 is 5.32 Å². The van der Waals surface area contributed by atoms with Crippen LogP contribution in [0.5, 0.6) is 0 Å². The number of nitrogens with zero attached hydrogens (tertiary/aromatic N) is 1. The largest absolute Gasteiger partial charge is 0.324 e. The van der Waals surface area contributed by atoms with Crippen LogP contribution in [0.25, 0.3) is 0 Å². The van der Waals surface area contributed by atoms with Crippen LogP contribution in [-0.4, -0.2) is 32.4 Å². The van der Waals surface area contributed by atoms with Gasteiger partial charge in [-0.25, -0.2) is 13.2 Å². The van der Waals surface area contributed by atoms with Gasteiger partial charge >= 0.3 is 6.03 Å². The van der Waals surface area contributed by atoms with E-state index in [4.69, 9.17) is 10.7 Å². The third kappa shape index (κ3) is 3.86. The van der Waals surface area contributed by atoms with Gasteiger partial charge in [0.1, 0.15) is 0 Å². The maximum absolute atomic E-state index is 12.1. The molecule has 1 unspecified atom stereocenters. The van der Waals surface area contributed by atoms with Crippen LogP contribution in [0, 0.1) is 5.92 Å². The molecular weight excluding hydrogens is 300 g/mol. The van der Waals surface area contributed by atoms with E-state index in [0.717, 1.165) is 25.9 Å². The molecule has 1 aromatic rings. The summed E-state index contributed by atoms with van der Waals surface area (Å²) in [6.07, 6.45) is 2.16. The summed E-state index contributed by atoms with van der Waals surface area (Å²) in [4.78, 5) is 13.9. The van der Waals surface area contributed by atoms with Crippen LogP contribution in [0.1, 0.15) is 19.8 Å². The molecule has 0 aromatic heterocycles. The van der Waals surface area contributed by atoms with Crippen molar-refractivity contribution < 1.29 is 13.2 Å². The summed E-state index contributed by atoms with van der Waals surface area (Å²) in [6, 6.07) is 5.65. The first-order valence-electron chi connectivity index (χ1n) is 6.47. The predicted octanol–water partition coefficient (Wildman–Crippen LogP) is 2.88. The number of urea groups is 1. The molecule has 0 aliphatic carbocycles. The number of carbonyl (C=O) groups excluding carboxylic acids is 1. The highest BCUT2D eigenvalue weighted by molar-refractivity contribution is 8.13. The maximum Gasteiger partial charge on any atom is 0.321 e. The summed E-state index contributed by atoms with van der Waals surface area (Å²) in [5.74, 6) is 0.512. The highest BCUT2D eigenvalue weighted by Gasteiger charge is 2.20. The van der Waals surface area contributed by atoms with Gasteiger partial charge < -0.3 is 10.2 Å². The molecule has 0 radical (unpaired) electrons. The highest BCUT2D eigenvalue weighted by atomic mass is 35.7. The van der Waals surface area contributed by atoms with Gasteiger partial charge in [-0.05, 0) is 43.0 Å². The van der Waals surface area contributed by atoms with Crippen LogP contribution in [0.2, 0.25) is 0 Å². The molecule has 1 aliphatic rings. The van der Waals surface area contributed by atoms with Crippen molar-refractivity contribution in [3.8, 4) is 0 Å². The molecule has 0 bridgehead atoms. The van der Waals surface area contributed by atoms with E-state index < -0.39 is 9.05 Å². The molecule has 7 heteroatoms. The Morgan fingerprint density at radius 3 is 2.55 bits per heavy atom. The lowest BCUT2D eigenvalue weighted by Gasteiger charge is -2.30. The fraction of sp³-hybridized carbons (Fsp3) is 0.462. The number of nitrogens with one attached hydrogen (secondary N) is 1. The van der Waals surface area contributed by atoms with Gasteiger partial charge in [-0.3, -0.25) is 0 Å². The monoisotopic (exact) mass is 316 g/mol. The quantitative estimate of drug-likeness (QED) is 0.853. The Morgan fingerprint density at radius 2 is 2.00 bits per heavy atom. The second kappa shape index (κ2) is 6.01. The molecule has 20 heavy (non-hydrogen) atoms. The Kier molecular flexibility index (Phi) is 4.55. The molecule has 0 saturated carbocycles. The Labute approximate surface area is 123 Å². The molecule has 2 amide bonds. The molecule has 1 fully saturated rings. The number of likely N-dealkylation sites (tertiary alicyclic amines) is 1. The van der Waals surface area contributed by atoms with Gasteiger partial charge in [-0.2, -0.15) is 0 Å². The minimum atomic E-state index is -3.73. The van der Waals surface area contributed by atoms with Crippen LogP contribution in [0.3, 0.4) is 0 Å². The fourth-order valence-corrected chi connectivity index (χ4v) is 3.05. The first-order valence-corrected chi connectivity index (χ1v) is 8.78. The molecule has 110 valence electrons. The minimum Gasteiger partial charge on any atom is -0.324 e. The number of anilines is 1. The van der Waals surface area contributed by atoms with Crippen LogP contribution in [0.4, 0.5) is 10.5 Å². The molecular formula is C13H17ClN2O3S. The van der Waals surface area contributed by atoms with E-state index in [1.807, 2.05) is 0 Å². The Bertz CT molecular complexity index is 586. The number of halogens is 1. The third-order valence-electron chi connectivity index (χ3n) is 3.33. The van der Waals surface area contributed by atoms with Gasteiger partial charge in [0.2, 0.25) is 0 Å².